The fourth-order valence-electron chi connectivity index (χ4n) is 2.49. The number of methoxy groups -OCH3 is 1. The van der Waals surface area contributed by atoms with Gasteiger partial charge in [0.15, 0.2) is 5.06 Å². The third-order valence-electron chi connectivity index (χ3n) is 4.04. The van der Waals surface area contributed by atoms with Gasteiger partial charge in [-0.1, -0.05) is 19.9 Å². The van der Waals surface area contributed by atoms with Crippen LogP contribution in [0.15, 0.2) is 24.3 Å². The number of aromatic amines is 1. The lowest BCUT2D eigenvalue weighted by molar-refractivity contribution is 0.428. The summed E-state index contributed by atoms with van der Waals surface area (Å²) in [6, 6.07) is 8.40. The van der Waals surface area contributed by atoms with Crippen LogP contribution in [0.2, 0.25) is 0 Å². The van der Waals surface area contributed by atoms with Gasteiger partial charge in [0.25, 0.3) is 0 Å². The molecule has 116 valence electrons. The fourth-order valence-corrected chi connectivity index (χ4v) is 3.30. The average molecular weight is 315 g/mol. The molecule has 0 aliphatic carbocycles. The second-order valence-corrected chi connectivity index (χ2v) is 7.39. The van der Waals surface area contributed by atoms with E-state index < -0.39 is 0 Å². The SMILES string of the molecule is COc1sc(C)cc1-c1nc2ccc(C(C)(C)CN)cc2[nH]1. The van der Waals surface area contributed by atoms with Gasteiger partial charge in [-0.3, -0.25) is 0 Å². The van der Waals surface area contributed by atoms with E-state index in [0.29, 0.717) is 6.54 Å². The molecular formula is C17H21N3OS. The van der Waals surface area contributed by atoms with Crippen molar-refractivity contribution >= 4 is 22.4 Å². The number of nitrogens with one attached hydrogen (secondary N) is 1. The molecule has 22 heavy (non-hydrogen) atoms. The van der Waals surface area contributed by atoms with Gasteiger partial charge in [-0.25, -0.2) is 4.98 Å². The fraction of sp³-hybridized carbons (Fsp3) is 0.353. The highest BCUT2D eigenvalue weighted by molar-refractivity contribution is 7.14. The van der Waals surface area contributed by atoms with E-state index in [1.807, 2.05) is 6.07 Å². The number of rotatable bonds is 4. The largest absolute Gasteiger partial charge is 0.487 e. The van der Waals surface area contributed by atoms with Crippen molar-refractivity contribution in [1.29, 1.82) is 0 Å². The second kappa shape index (κ2) is 5.41. The first-order chi connectivity index (χ1) is 10.4. The average Bonchev–Trinajstić information content (AvgIpc) is 3.08. The van der Waals surface area contributed by atoms with Crippen LogP contribution in [0, 0.1) is 6.92 Å². The van der Waals surface area contributed by atoms with Gasteiger partial charge in [-0.2, -0.15) is 0 Å². The van der Waals surface area contributed by atoms with Crippen LogP contribution in [0.1, 0.15) is 24.3 Å². The predicted molar refractivity (Wildman–Crippen MR) is 92.8 cm³/mol. The molecule has 0 saturated heterocycles. The third-order valence-corrected chi connectivity index (χ3v) is 5.05. The molecule has 0 spiro atoms. The van der Waals surface area contributed by atoms with E-state index in [0.717, 1.165) is 27.5 Å². The third kappa shape index (κ3) is 2.51. The van der Waals surface area contributed by atoms with Crippen molar-refractivity contribution in [2.75, 3.05) is 13.7 Å². The highest BCUT2D eigenvalue weighted by Crippen LogP contribution is 2.37. The van der Waals surface area contributed by atoms with Crippen molar-refractivity contribution in [3.63, 3.8) is 0 Å². The number of fused-ring (bicyclic) bond motifs is 1. The molecule has 4 nitrogen and oxygen atoms in total. The monoisotopic (exact) mass is 315 g/mol. The zero-order valence-corrected chi connectivity index (χ0v) is 14.2. The molecular weight excluding hydrogens is 294 g/mol. The standard InChI is InChI=1S/C17H21N3OS/c1-10-7-12(16(21-4)22-10)15-19-13-6-5-11(8-14(13)20-15)17(2,3)9-18/h5-8H,9,18H2,1-4H3,(H,19,20). The Balaban J connectivity index is 2.10. The van der Waals surface area contributed by atoms with Crippen molar-refractivity contribution in [2.24, 2.45) is 5.73 Å². The molecule has 3 N–H and O–H groups in total. The summed E-state index contributed by atoms with van der Waals surface area (Å²) in [7, 11) is 1.69. The van der Waals surface area contributed by atoms with Gasteiger partial charge < -0.3 is 15.5 Å². The number of aryl methyl sites for hydroxylation is 1. The molecule has 2 aromatic heterocycles. The van der Waals surface area contributed by atoms with Gasteiger partial charge in [0.2, 0.25) is 0 Å². The first-order valence-electron chi connectivity index (χ1n) is 7.30. The lowest BCUT2D eigenvalue weighted by Crippen LogP contribution is -2.27. The molecule has 0 unspecified atom stereocenters. The minimum absolute atomic E-state index is 0.0455. The van der Waals surface area contributed by atoms with Gasteiger partial charge in [0.05, 0.1) is 23.7 Å². The molecule has 0 bridgehead atoms. The highest BCUT2D eigenvalue weighted by atomic mass is 32.1. The number of nitrogens with zero attached hydrogens (tertiary/aromatic N) is 1. The van der Waals surface area contributed by atoms with Gasteiger partial charge >= 0.3 is 0 Å². The van der Waals surface area contributed by atoms with E-state index in [1.54, 1.807) is 18.4 Å². The van der Waals surface area contributed by atoms with E-state index >= 15 is 0 Å². The normalized spacial score (nSPS) is 12.0. The summed E-state index contributed by atoms with van der Waals surface area (Å²) in [5.74, 6) is 0.846. The van der Waals surface area contributed by atoms with E-state index in [1.165, 1.54) is 10.4 Å². The van der Waals surface area contributed by atoms with Gasteiger partial charge in [-0.05, 0) is 30.7 Å². The Labute approximate surface area is 134 Å². The van der Waals surface area contributed by atoms with Crippen LogP contribution in [0.3, 0.4) is 0 Å². The van der Waals surface area contributed by atoms with Crippen LogP contribution in [-0.2, 0) is 5.41 Å². The summed E-state index contributed by atoms with van der Waals surface area (Å²) < 4.78 is 5.45. The molecule has 0 aliphatic rings. The number of aromatic nitrogens is 2. The highest BCUT2D eigenvalue weighted by Gasteiger charge is 2.20. The smallest absolute Gasteiger partial charge is 0.184 e. The first kappa shape index (κ1) is 15.1. The van der Waals surface area contributed by atoms with E-state index in [4.69, 9.17) is 15.5 Å². The van der Waals surface area contributed by atoms with Crippen LogP contribution in [-0.4, -0.2) is 23.6 Å². The number of imidazole rings is 1. The molecule has 1 aromatic carbocycles. The predicted octanol–water partition coefficient (Wildman–Crippen LogP) is 3.84. The number of nitrogens with two attached hydrogens (primary N) is 1. The van der Waals surface area contributed by atoms with Gasteiger partial charge in [-0.15, -0.1) is 11.3 Å². The maximum atomic E-state index is 5.88. The molecule has 0 saturated carbocycles. The maximum Gasteiger partial charge on any atom is 0.184 e. The summed E-state index contributed by atoms with van der Waals surface area (Å²) in [5.41, 5.74) is 10.0. The number of hydrogen-bond acceptors (Lipinski definition) is 4. The van der Waals surface area contributed by atoms with Crippen molar-refractivity contribution in [3.8, 4) is 16.5 Å². The molecule has 0 radical (unpaired) electrons. The second-order valence-electron chi connectivity index (χ2n) is 6.17. The number of thiophene rings is 1. The summed E-state index contributed by atoms with van der Waals surface area (Å²) in [6.45, 7) is 6.98. The van der Waals surface area contributed by atoms with Crippen LogP contribution in [0.25, 0.3) is 22.4 Å². The van der Waals surface area contributed by atoms with Crippen LogP contribution in [0.4, 0.5) is 0 Å². The maximum absolute atomic E-state index is 5.88. The van der Waals surface area contributed by atoms with Crippen molar-refractivity contribution in [2.45, 2.75) is 26.2 Å². The number of hydrogen-bond donors (Lipinski definition) is 2. The molecule has 0 atom stereocenters. The lowest BCUT2D eigenvalue weighted by Gasteiger charge is -2.22. The summed E-state index contributed by atoms with van der Waals surface area (Å²) >= 11 is 1.63. The summed E-state index contributed by atoms with van der Waals surface area (Å²) in [6.07, 6.45) is 0. The minimum Gasteiger partial charge on any atom is -0.487 e. The first-order valence-corrected chi connectivity index (χ1v) is 8.11. The Bertz CT molecular complexity index is 817. The van der Waals surface area contributed by atoms with Gasteiger partial charge in [0.1, 0.15) is 5.82 Å². The number of H-pyrrole nitrogens is 1. The zero-order chi connectivity index (χ0) is 15.9. The molecule has 0 aliphatic heterocycles. The molecule has 0 fully saturated rings. The Kier molecular flexibility index (Phi) is 3.70. The Morgan fingerprint density at radius 3 is 2.77 bits per heavy atom. The number of ether oxygens (including phenoxy) is 1. The lowest BCUT2D eigenvalue weighted by atomic mass is 9.85. The van der Waals surface area contributed by atoms with E-state index in [9.17, 15) is 0 Å². The van der Waals surface area contributed by atoms with Gasteiger partial charge in [0, 0.05) is 16.8 Å². The minimum atomic E-state index is -0.0455. The van der Waals surface area contributed by atoms with E-state index in [-0.39, 0.29) is 5.41 Å². The molecule has 0 amide bonds. The Morgan fingerprint density at radius 1 is 1.32 bits per heavy atom. The Morgan fingerprint density at radius 2 is 2.09 bits per heavy atom. The summed E-state index contributed by atoms with van der Waals surface area (Å²) in [5, 5.41) is 0.888. The van der Waals surface area contributed by atoms with Crippen LogP contribution < -0.4 is 10.5 Å². The van der Waals surface area contributed by atoms with Crippen molar-refractivity contribution < 1.29 is 4.74 Å². The Hall–Kier alpha value is -1.85. The summed E-state index contributed by atoms with van der Waals surface area (Å²) in [4.78, 5) is 9.31. The van der Waals surface area contributed by atoms with E-state index in [2.05, 4.69) is 44.0 Å². The van der Waals surface area contributed by atoms with Crippen LogP contribution in [0.5, 0.6) is 5.06 Å². The molecule has 3 aromatic rings. The molecule has 5 heteroatoms. The molecule has 2 heterocycles. The zero-order valence-electron chi connectivity index (χ0n) is 13.4. The van der Waals surface area contributed by atoms with Crippen LogP contribution >= 0.6 is 11.3 Å². The quantitative estimate of drug-likeness (QED) is 0.768. The van der Waals surface area contributed by atoms with Crippen molar-refractivity contribution in [1.82, 2.24) is 9.97 Å². The molecule has 3 rings (SSSR count). The number of benzene rings is 1. The van der Waals surface area contributed by atoms with Crippen molar-refractivity contribution in [3.05, 3.63) is 34.7 Å². The topological polar surface area (TPSA) is 63.9 Å².